The van der Waals surface area contributed by atoms with Crippen LogP contribution in [-0.2, 0) is 0 Å². The first-order valence-electron chi connectivity index (χ1n) is 12.7. The van der Waals surface area contributed by atoms with Gasteiger partial charge in [0.1, 0.15) is 5.58 Å². The number of hydrogen-bond donors (Lipinski definition) is 0. The number of aryl methyl sites for hydroxylation is 2. The van der Waals surface area contributed by atoms with Crippen LogP contribution >= 0.6 is 27.3 Å². The molecule has 1 atom stereocenters. The van der Waals surface area contributed by atoms with Gasteiger partial charge in [-0.3, -0.25) is 14.5 Å². The van der Waals surface area contributed by atoms with Crippen LogP contribution in [0.1, 0.15) is 70.9 Å². The van der Waals surface area contributed by atoms with Gasteiger partial charge >= 0.3 is 0 Å². The number of benzene rings is 2. The Kier molecular flexibility index (Phi) is 7.59. The molecule has 2 aromatic carbocycles. The largest absolute Gasteiger partial charge is 0.493 e. The highest BCUT2D eigenvalue weighted by atomic mass is 79.9. The molecule has 0 aliphatic carbocycles. The Bertz CT molecular complexity index is 1560. The Labute approximate surface area is 233 Å². The van der Waals surface area contributed by atoms with Crippen molar-refractivity contribution in [2.45, 2.75) is 52.5 Å². The second-order valence-electron chi connectivity index (χ2n) is 9.35. The molecular formula is C29H29BrN2O5S. The molecule has 7 nitrogen and oxygen atoms in total. The van der Waals surface area contributed by atoms with Crippen molar-refractivity contribution in [3.63, 3.8) is 0 Å². The van der Waals surface area contributed by atoms with Crippen LogP contribution in [0.25, 0.3) is 11.0 Å². The van der Waals surface area contributed by atoms with Crippen molar-refractivity contribution in [1.29, 1.82) is 0 Å². The molecule has 0 saturated carbocycles. The number of methoxy groups -OCH3 is 1. The molecule has 38 heavy (non-hydrogen) atoms. The zero-order valence-electron chi connectivity index (χ0n) is 21.8. The van der Waals surface area contributed by atoms with Gasteiger partial charge in [-0.05, 0) is 56.2 Å². The third-order valence-electron chi connectivity index (χ3n) is 6.81. The molecule has 0 N–H and O–H groups in total. The summed E-state index contributed by atoms with van der Waals surface area (Å²) >= 11 is 4.86. The number of halogens is 1. The maximum Gasteiger partial charge on any atom is 0.297 e. The van der Waals surface area contributed by atoms with Gasteiger partial charge in [0.05, 0.1) is 36.4 Å². The number of aromatic nitrogens is 1. The van der Waals surface area contributed by atoms with Gasteiger partial charge in [-0.2, -0.15) is 0 Å². The van der Waals surface area contributed by atoms with Crippen LogP contribution in [-0.4, -0.2) is 24.6 Å². The average molecular weight is 598 g/mol. The SMILES string of the molecule is CCCCCCOc1ccc(C2c3c(oc4ccc(Br)cc4c3=O)C(=O)N2c2nc(C)c(C)s2)cc1OC. The van der Waals surface area contributed by atoms with Crippen LogP contribution in [0.15, 0.2) is 50.1 Å². The van der Waals surface area contributed by atoms with E-state index in [2.05, 4.69) is 27.8 Å². The van der Waals surface area contributed by atoms with E-state index >= 15 is 0 Å². The number of amides is 1. The van der Waals surface area contributed by atoms with Crippen LogP contribution in [0.2, 0.25) is 0 Å². The number of ether oxygens (including phenoxy) is 2. The molecule has 198 valence electrons. The van der Waals surface area contributed by atoms with Gasteiger partial charge in [-0.1, -0.05) is 48.2 Å². The highest BCUT2D eigenvalue weighted by Crippen LogP contribution is 2.44. The Hall–Kier alpha value is -3.17. The summed E-state index contributed by atoms with van der Waals surface area (Å²) in [7, 11) is 1.58. The monoisotopic (exact) mass is 596 g/mol. The number of fused-ring (bicyclic) bond motifs is 2. The molecule has 0 bridgehead atoms. The van der Waals surface area contributed by atoms with Crippen molar-refractivity contribution in [2.24, 2.45) is 0 Å². The van der Waals surface area contributed by atoms with Crippen molar-refractivity contribution >= 4 is 49.3 Å². The van der Waals surface area contributed by atoms with Crippen LogP contribution in [0, 0.1) is 13.8 Å². The summed E-state index contributed by atoms with van der Waals surface area (Å²) < 4.78 is 18.5. The standard InChI is InChI=1S/C29H29BrN2O5S/c1-5-6-7-8-13-36-22-11-9-18(14-23(22)35-4)25-24-26(33)20-15-19(30)10-12-21(20)37-27(24)28(34)32(25)29-31-16(2)17(3)38-29/h9-12,14-15,25H,5-8,13H2,1-4H3. The Morgan fingerprint density at radius 2 is 1.89 bits per heavy atom. The Morgan fingerprint density at radius 1 is 1.08 bits per heavy atom. The second kappa shape index (κ2) is 10.9. The van der Waals surface area contributed by atoms with E-state index in [0.29, 0.717) is 45.3 Å². The smallest absolute Gasteiger partial charge is 0.297 e. The molecule has 1 amide bonds. The molecule has 3 heterocycles. The first kappa shape index (κ1) is 26.4. The lowest BCUT2D eigenvalue weighted by Crippen LogP contribution is -2.29. The number of hydrogen-bond acceptors (Lipinski definition) is 7. The zero-order valence-corrected chi connectivity index (χ0v) is 24.2. The van der Waals surface area contributed by atoms with E-state index in [1.807, 2.05) is 32.0 Å². The normalized spacial score (nSPS) is 14.8. The van der Waals surface area contributed by atoms with Gasteiger partial charge in [0.2, 0.25) is 5.76 Å². The third kappa shape index (κ3) is 4.73. The summed E-state index contributed by atoms with van der Waals surface area (Å²) in [5.74, 6) is 0.809. The zero-order chi connectivity index (χ0) is 27.0. The lowest BCUT2D eigenvalue weighted by molar-refractivity contribution is 0.0971. The minimum atomic E-state index is -0.727. The lowest BCUT2D eigenvalue weighted by atomic mass is 9.98. The predicted molar refractivity (Wildman–Crippen MR) is 153 cm³/mol. The van der Waals surface area contributed by atoms with E-state index in [4.69, 9.17) is 13.9 Å². The highest BCUT2D eigenvalue weighted by Gasteiger charge is 2.45. The average Bonchev–Trinajstić information content (AvgIpc) is 3.39. The fourth-order valence-electron chi connectivity index (χ4n) is 4.70. The number of carbonyl (C=O) groups is 1. The van der Waals surface area contributed by atoms with Crippen molar-refractivity contribution in [3.05, 3.63) is 78.6 Å². The van der Waals surface area contributed by atoms with Crippen molar-refractivity contribution in [2.75, 3.05) is 18.6 Å². The summed E-state index contributed by atoms with van der Waals surface area (Å²) in [5, 5.41) is 0.921. The molecule has 4 aromatic rings. The van der Waals surface area contributed by atoms with Crippen LogP contribution in [0.3, 0.4) is 0 Å². The van der Waals surface area contributed by atoms with Gasteiger partial charge < -0.3 is 13.9 Å². The van der Waals surface area contributed by atoms with Gasteiger partial charge in [-0.25, -0.2) is 4.98 Å². The summed E-state index contributed by atoms with van der Waals surface area (Å²) in [5.41, 5.74) is 1.96. The van der Waals surface area contributed by atoms with Crippen LogP contribution in [0.5, 0.6) is 11.5 Å². The summed E-state index contributed by atoms with van der Waals surface area (Å²) in [4.78, 5) is 34.9. The van der Waals surface area contributed by atoms with Crippen molar-refractivity contribution in [3.8, 4) is 11.5 Å². The minimum Gasteiger partial charge on any atom is -0.493 e. The van der Waals surface area contributed by atoms with E-state index in [-0.39, 0.29) is 11.2 Å². The maximum atomic E-state index is 13.9. The molecule has 0 fully saturated rings. The maximum absolute atomic E-state index is 13.9. The topological polar surface area (TPSA) is 81.9 Å². The number of thiazole rings is 1. The molecule has 5 rings (SSSR count). The first-order valence-corrected chi connectivity index (χ1v) is 14.3. The lowest BCUT2D eigenvalue weighted by Gasteiger charge is -2.23. The summed E-state index contributed by atoms with van der Waals surface area (Å²) in [6, 6.07) is 10.0. The van der Waals surface area contributed by atoms with E-state index in [1.165, 1.54) is 17.8 Å². The van der Waals surface area contributed by atoms with Gasteiger partial charge in [-0.15, -0.1) is 11.3 Å². The van der Waals surface area contributed by atoms with Crippen LogP contribution < -0.4 is 19.8 Å². The first-order chi connectivity index (χ1) is 18.3. The highest BCUT2D eigenvalue weighted by molar-refractivity contribution is 9.10. The fraction of sp³-hybridized carbons (Fsp3) is 0.345. The summed E-state index contributed by atoms with van der Waals surface area (Å²) in [6.07, 6.45) is 4.41. The van der Waals surface area contributed by atoms with Crippen LogP contribution in [0.4, 0.5) is 5.13 Å². The van der Waals surface area contributed by atoms with Crippen molar-refractivity contribution < 1.29 is 18.7 Å². The van der Waals surface area contributed by atoms with Crippen molar-refractivity contribution in [1.82, 2.24) is 4.98 Å². The quantitative estimate of drug-likeness (QED) is 0.188. The number of rotatable bonds is 9. The number of nitrogens with zero attached hydrogens (tertiary/aromatic N) is 2. The molecule has 0 spiro atoms. The molecule has 0 saturated heterocycles. The number of unbranched alkanes of at least 4 members (excludes halogenated alkanes) is 3. The number of carbonyl (C=O) groups excluding carboxylic acids is 1. The summed E-state index contributed by atoms with van der Waals surface area (Å²) in [6.45, 7) is 6.64. The van der Waals surface area contributed by atoms with E-state index in [1.54, 1.807) is 30.2 Å². The molecule has 2 aromatic heterocycles. The van der Waals surface area contributed by atoms with Gasteiger partial charge in [0.15, 0.2) is 22.1 Å². The predicted octanol–water partition coefficient (Wildman–Crippen LogP) is 7.35. The molecule has 1 aliphatic rings. The molecule has 0 radical (unpaired) electrons. The van der Waals surface area contributed by atoms with E-state index < -0.39 is 11.9 Å². The second-order valence-corrected chi connectivity index (χ2v) is 11.4. The Balaban J connectivity index is 1.63. The molecule has 9 heteroatoms. The molecule has 1 unspecified atom stereocenters. The van der Waals surface area contributed by atoms with E-state index in [0.717, 1.165) is 34.3 Å². The third-order valence-corrected chi connectivity index (χ3v) is 8.38. The molecule has 1 aliphatic heterocycles. The fourth-order valence-corrected chi connectivity index (χ4v) is 6.00. The van der Waals surface area contributed by atoms with Gasteiger partial charge in [0, 0.05) is 9.35 Å². The minimum absolute atomic E-state index is 0.0375. The number of anilines is 1. The Morgan fingerprint density at radius 3 is 2.61 bits per heavy atom. The molecular weight excluding hydrogens is 568 g/mol. The van der Waals surface area contributed by atoms with E-state index in [9.17, 15) is 9.59 Å². The van der Waals surface area contributed by atoms with Gasteiger partial charge in [0.25, 0.3) is 5.91 Å².